The minimum Gasteiger partial charge on any atom is -0.302 e. The molecule has 14 heavy (non-hydrogen) atoms. The normalized spacial score (nSPS) is 12.7. The summed E-state index contributed by atoms with van der Waals surface area (Å²) in [5.74, 6) is 0. The van der Waals surface area contributed by atoms with Gasteiger partial charge in [-0.2, -0.15) is 5.26 Å². The molecule has 0 aliphatic rings. The van der Waals surface area contributed by atoms with E-state index in [2.05, 4.69) is 42.5 Å². The fourth-order valence-electron chi connectivity index (χ4n) is 1.32. The minimum atomic E-state index is 0.516. The molecule has 0 saturated heterocycles. The molecule has 76 valence electrons. The van der Waals surface area contributed by atoms with E-state index in [9.17, 15) is 0 Å². The maximum absolute atomic E-state index is 8.48. The van der Waals surface area contributed by atoms with E-state index in [1.54, 1.807) is 11.3 Å². The van der Waals surface area contributed by atoms with Gasteiger partial charge in [0.25, 0.3) is 0 Å². The molecule has 0 spiro atoms. The maximum atomic E-state index is 8.48. The zero-order valence-electron chi connectivity index (χ0n) is 8.73. The van der Waals surface area contributed by atoms with Crippen molar-refractivity contribution in [3.63, 3.8) is 0 Å². The molecule has 1 aromatic heterocycles. The van der Waals surface area contributed by atoms with Crippen LogP contribution in [0.2, 0.25) is 0 Å². The number of thiophene rings is 1. The van der Waals surface area contributed by atoms with Crippen molar-refractivity contribution in [2.45, 2.75) is 25.8 Å². The van der Waals surface area contributed by atoms with Gasteiger partial charge in [0, 0.05) is 23.9 Å². The van der Waals surface area contributed by atoms with Crippen LogP contribution in [0.5, 0.6) is 0 Å². The first kappa shape index (κ1) is 11.2. The van der Waals surface area contributed by atoms with Gasteiger partial charge in [0.1, 0.15) is 0 Å². The maximum Gasteiger partial charge on any atom is 0.0635 e. The van der Waals surface area contributed by atoms with Crippen LogP contribution in [0.25, 0.3) is 0 Å². The largest absolute Gasteiger partial charge is 0.302 e. The van der Waals surface area contributed by atoms with E-state index >= 15 is 0 Å². The van der Waals surface area contributed by atoms with Gasteiger partial charge in [0.15, 0.2) is 0 Å². The van der Waals surface area contributed by atoms with Crippen LogP contribution in [-0.2, 0) is 6.42 Å². The van der Waals surface area contributed by atoms with Gasteiger partial charge in [-0.05, 0) is 31.8 Å². The molecular weight excluding hydrogens is 192 g/mol. The quantitative estimate of drug-likeness (QED) is 0.743. The van der Waals surface area contributed by atoms with E-state index in [4.69, 9.17) is 5.26 Å². The predicted molar refractivity (Wildman–Crippen MR) is 60.3 cm³/mol. The average molecular weight is 208 g/mol. The van der Waals surface area contributed by atoms with Crippen LogP contribution < -0.4 is 0 Å². The second kappa shape index (κ2) is 5.79. The smallest absolute Gasteiger partial charge is 0.0635 e. The molecule has 0 fully saturated rings. The second-order valence-electron chi connectivity index (χ2n) is 3.52. The molecule has 0 saturated carbocycles. The van der Waals surface area contributed by atoms with Crippen LogP contribution in [0, 0.1) is 11.3 Å². The van der Waals surface area contributed by atoms with Crippen molar-refractivity contribution in [3.05, 3.63) is 22.4 Å². The van der Waals surface area contributed by atoms with Crippen LogP contribution in [0.3, 0.4) is 0 Å². The molecular formula is C11H16N2S. The van der Waals surface area contributed by atoms with Crippen molar-refractivity contribution in [2.75, 3.05) is 13.6 Å². The third-order valence-electron chi connectivity index (χ3n) is 2.41. The minimum absolute atomic E-state index is 0.516. The van der Waals surface area contributed by atoms with Crippen molar-refractivity contribution < 1.29 is 0 Å². The number of likely N-dealkylation sites (N-methyl/N-ethyl adjacent to an activating group) is 1. The Kier molecular flexibility index (Phi) is 4.64. The van der Waals surface area contributed by atoms with Gasteiger partial charge in [-0.3, -0.25) is 0 Å². The lowest BCUT2D eigenvalue weighted by Gasteiger charge is -2.22. The van der Waals surface area contributed by atoms with Crippen molar-refractivity contribution in [2.24, 2.45) is 0 Å². The Bertz CT molecular complexity index is 287. The molecule has 0 bridgehead atoms. The third-order valence-corrected chi connectivity index (χ3v) is 3.30. The third kappa shape index (κ3) is 3.49. The van der Waals surface area contributed by atoms with Crippen LogP contribution in [0.4, 0.5) is 0 Å². The summed E-state index contributed by atoms with van der Waals surface area (Å²) in [4.78, 5) is 3.66. The highest BCUT2D eigenvalue weighted by Gasteiger charge is 2.09. The molecule has 3 heteroatoms. The molecule has 0 aliphatic heterocycles. The Morgan fingerprint density at radius 2 is 2.43 bits per heavy atom. The fraction of sp³-hybridized carbons (Fsp3) is 0.545. The van der Waals surface area contributed by atoms with E-state index in [-0.39, 0.29) is 0 Å². The lowest BCUT2D eigenvalue weighted by molar-refractivity contribution is 0.263. The standard InChI is InChI=1S/C11H16N2S/c1-10(13(2)7-4-6-12)9-11-5-3-8-14-11/h3,5,8,10H,4,7,9H2,1-2H3. The number of nitriles is 1. The van der Waals surface area contributed by atoms with Gasteiger partial charge in [0.05, 0.1) is 6.07 Å². The SMILES string of the molecule is CC(Cc1cccs1)N(C)CCC#N. The van der Waals surface area contributed by atoms with E-state index in [1.807, 2.05) is 0 Å². The van der Waals surface area contributed by atoms with Crippen molar-refractivity contribution in [3.8, 4) is 6.07 Å². The van der Waals surface area contributed by atoms with E-state index in [1.165, 1.54) is 4.88 Å². The summed E-state index contributed by atoms with van der Waals surface area (Å²) in [6, 6.07) is 6.94. The average Bonchev–Trinajstić information content (AvgIpc) is 2.66. The van der Waals surface area contributed by atoms with Gasteiger partial charge in [0.2, 0.25) is 0 Å². The van der Waals surface area contributed by atoms with E-state index in [0.717, 1.165) is 13.0 Å². The van der Waals surface area contributed by atoms with Gasteiger partial charge < -0.3 is 4.90 Å². The number of nitrogens with zero attached hydrogens (tertiary/aromatic N) is 2. The molecule has 0 aliphatic carbocycles. The number of hydrogen-bond donors (Lipinski definition) is 0. The molecule has 1 atom stereocenters. The lowest BCUT2D eigenvalue weighted by atomic mass is 10.2. The number of hydrogen-bond acceptors (Lipinski definition) is 3. The van der Waals surface area contributed by atoms with Crippen LogP contribution >= 0.6 is 11.3 Å². The summed E-state index contributed by atoms with van der Waals surface area (Å²) in [6.07, 6.45) is 1.70. The van der Waals surface area contributed by atoms with Crippen LogP contribution in [-0.4, -0.2) is 24.5 Å². The van der Waals surface area contributed by atoms with Gasteiger partial charge in [-0.1, -0.05) is 6.07 Å². The molecule has 0 N–H and O–H groups in total. The van der Waals surface area contributed by atoms with E-state index < -0.39 is 0 Å². The van der Waals surface area contributed by atoms with Crippen LogP contribution in [0.1, 0.15) is 18.2 Å². The van der Waals surface area contributed by atoms with Gasteiger partial charge in [-0.15, -0.1) is 11.3 Å². The van der Waals surface area contributed by atoms with Crippen molar-refractivity contribution in [1.29, 1.82) is 5.26 Å². The molecule has 0 amide bonds. The molecule has 0 aromatic carbocycles. The van der Waals surface area contributed by atoms with Gasteiger partial charge in [-0.25, -0.2) is 0 Å². The number of rotatable bonds is 5. The first-order chi connectivity index (χ1) is 6.74. The van der Waals surface area contributed by atoms with Crippen molar-refractivity contribution in [1.82, 2.24) is 4.90 Å². The summed E-state index contributed by atoms with van der Waals surface area (Å²) in [5.41, 5.74) is 0. The summed E-state index contributed by atoms with van der Waals surface area (Å²) in [6.45, 7) is 3.07. The Hall–Kier alpha value is -0.850. The Morgan fingerprint density at radius 3 is 3.00 bits per heavy atom. The predicted octanol–water partition coefficient (Wildman–Crippen LogP) is 2.52. The monoisotopic (exact) mass is 208 g/mol. The van der Waals surface area contributed by atoms with Crippen molar-refractivity contribution >= 4 is 11.3 Å². The summed E-state index contributed by atoms with van der Waals surface area (Å²) >= 11 is 1.80. The highest BCUT2D eigenvalue weighted by Crippen LogP contribution is 2.13. The molecule has 2 nitrogen and oxygen atoms in total. The molecule has 0 radical (unpaired) electrons. The topological polar surface area (TPSA) is 27.0 Å². The second-order valence-corrected chi connectivity index (χ2v) is 4.55. The zero-order chi connectivity index (χ0) is 10.4. The lowest BCUT2D eigenvalue weighted by Crippen LogP contribution is -2.31. The Morgan fingerprint density at radius 1 is 1.64 bits per heavy atom. The van der Waals surface area contributed by atoms with Gasteiger partial charge >= 0.3 is 0 Å². The first-order valence-electron chi connectivity index (χ1n) is 4.83. The molecule has 1 aromatic rings. The fourth-order valence-corrected chi connectivity index (χ4v) is 2.15. The summed E-state index contributed by atoms with van der Waals surface area (Å²) in [7, 11) is 2.08. The Balaban J connectivity index is 2.34. The molecule has 1 rings (SSSR count). The summed E-state index contributed by atoms with van der Waals surface area (Å²) < 4.78 is 0. The molecule has 1 unspecified atom stereocenters. The van der Waals surface area contributed by atoms with E-state index in [0.29, 0.717) is 12.5 Å². The highest BCUT2D eigenvalue weighted by atomic mass is 32.1. The zero-order valence-corrected chi connectivity index (χ0v) is 9.55. The molecule has 1 heterocycles. The highest BCUT2D eigenvalue weighted by molar-refractivity contribution is 7.09. The Labute approximate surface area is 89.8 Å². The summed E-state index contributed by atoms with van der Waals surface area (Å²) in [5, 5.41) is 10.6. The van der Waals surface area contributed by atoms with Crippen LogP contribution in [0.15, 0.2) is 17.5 Å². The first-order valence-corrected chi connectivity index (χ1v) is 5.71.